The predicted octanol–water partition coefficient (Wildman–Crippen LogP) is 10.4. The number of nitriles is 1. The van der Waals surface area contributed by atoms with Gasteiger partial charge in [-0.05, 0) is 95.8 Å². The van der Waals surface area contributed by atoms with Gasteiger partial charge in [-0.1, -0.05) is 103 Å². The summed E-state index contributed by atoms with van der Waals surface area (Å²) in [5.74, 6) is -0.645. The number of amides is 3. The van der Waals surface area contributed by atoms with Gasteiger partial charge in [-0.2, -0.15) is 5.26 Å². The molecule has 0 radical (unpaired) electrons. The Morgan fingerprint density at radius 3 is 2.34 bits per heavy atom. The summed E-state index contributed by atoms with van der Waals surface area (Å²) in [6, 6.07) is 35.3. The van der Waals surface area contributed by atoms with Crippen molar-refractivity contribution in [3.63, 3.8) is 0 Å². The minimum absolute atomic E-state index is 0.0670. The molecule has 1 aliphatic rings. The van der Waals surface area contributed by atoms with E-state index in [1.165, 1.54) is 28.0 Å². The SMILES string of the molecule is CC(C)(C)C1CCc2c(sc(NC(=O)C(Sc3cccc(NC(=O)/C(=C\c4cccc(Br)c4)NC(=O)c4ccccc4)c3)c3ccccc3)c2C#N)C1. The number of benzene rings is 4. The van der Waals surface area contributed by atoms with E-state index in [1.54, 1.807) is 42.5 Å². The molecule has 4 aromatic carbocycles. The van der Waals surface area contributed by atoms with Gasteiger partial charge in [0, 0.05) is 25.5 Å². The van der Waals surface area contributed by atoms with Gasteiger partial charge in [-0.3, -0.25) is 14.4 Å². The van der Waals surface area contributed by atoms with E-state index in [9.17, 15) is 19.6 Å². The summed E-state index contributed by atoms with van der Waals surface area (Å²) in [5.41, 5.74) is 4.30. The first-order valence-corrected chi connectivity index (χ1v) is 19.8. The average molecular weight is 804 g/mol. The fourth-order valence-electron chi connectivity index (χ4n) is 6.30. The highest BCUT2D eigenvalue weighted by molar-refractivity contribution is 9.10. The molecule has 1 heterocycles. The Kier molecular flexibility index (Phi) is 12.0. The van der Waals surface area contributed by atoms with Crippen molar-refractivity contribution in [3.05, 3.63) is 152 Å². The number of rotatable bonds is 10. The van der Waals surface area contributed by atoms with E-state index in [0.29, 0.717) is 27.7 Å². The summed E-state index contributed by atoms with van der Waals surface area (Å²) in [7, 11) is 0. The van der Waals surface area contributed by atoms with Crippen LogP contribution in [0.1, 0.15) is 69.9 Å². The maximum Gasteiger partial charge on any atom is 0.272 e. The molecule has 2 atom stereocenters. The molecule has 3 amide bonds. The zero-order chi connectivity index (χ0) is 37.5. The number of anilines is 2. The highest BCUT2D eigenvalue weighted by atomic mass is 79.9. The normalized spacial score (nSPS) is 14.7. The van der Waals surface area contributed by atoms with Gasteiger partial charge in [0.25, 0.3) is 11.8 Å². The number of halogens is 1. The van der Waals surface area contributed by atoms with Gasteiger partial charge in [0.05, 0.1) is 5.56 Å². The lowest BCUT2D eigenvalue weighted by Crippen LogP contribution is -2.30. The molecule has 5 aromatic rings. The summed E-state index contributed by atoms with van der Waals surface area (Å²) >= 11 is 6.34. The number of carbonyl (C=O) groups is 3. The van der Waals surface area contributed by atoms with Crippen LogP contribution in [-0.4, -0.2) is 17.7 Å². The number of thiophene rings is 1. The van der Waals surface area contributed by atoms with Gasteiger partial charge in [0.2, 0.25) is 5.91 Å². The molecule has 0 aliphatic heterocycles. The Bertz CT molecular complexity index is 2200. The maximum absolute atomic E-state index is 14.1. The minimum Gasteiger partial charge on any atom is -0.321 e. The lowest BCUT2D eigenvalue weighted by atomic mass is 9.72. The number of nitrogens with zero attached hydrogens (tertiary/aromatic N) is 1. The molecule has 0 fully saturated rings. The third-order valence-corrected chi connectivity index (χ3v) is 12.1. The molecule has 0 saturated heterocycles. The van der Waals surface area contributed by atoms with E-state index in [0.717, 1.165) is 45.3 Å². The molecule has 3 N–H and O–H groups in total. The fourth-order valence-corrected chi connectivity index (χ4v) is 9.08. The van der Waals surface area contributed by atoms with Crippen LogP contribution in [-0.2, 0) is 22.4 Å². The largest absolute Gasteiger partial charge is 0.321 e. The van der Waals surface area contributed by atoms with Crippen LogP contribution in [0.4, 0.5) is 10.7 Å². The quantitative estimate of drug-likeness (QED) is 0.0962. The van der Waals surface area contributed by atoms with Crippen LogP contribution in [0.2, 0.25) is 0 Å². The third kappa shape index (κ3) is 9.54. The molecule has 2 unspecified atom stereocenters. The Balaban J connectivity index is 1.23. The molecule has 7 nitrogen and oxygen atoms in total. The Hall–Kier alpha value is -4.95. The molecule has 10 heteroatoms. The van der Waals surface area contributed by atoms with E-state index >= 15 is 0 Å². The van der Waals surface area contributed by atoms with Crippen molar-refractivity contribution >= 4 is 73.5 Å². The van der Waals surface area contributed by atoms with Crippen molar-refractivity contribution in [2.24, 2.45) is 11.3 Å². The second-order valence-corrected chi connectivity index (χ2v) is 17.1. The van der Waals surface area contributed by atoms with Crippen molar-refractivity contribution in [1.29, 1.82) is 5.26 Å². The molecule has 1 aromatic heterocycles. The average Bonchev–Trinajstić information content (AvgIpc) is 3.50. The van der Waals surface area contributed by atoms with Crippen LogP contribution in [0, 0.1) is 22.7 Å². The van der Waals surface area contributed by atoms with Crippen molar-refractivity contribution in [2.45, 2.75) is 50.2 Å². The molecule has 53 heavy (non-hydrogen) atoms. The van der Waals surface area contributed by atoms with Gasteiger partial charge >= 0.3 is 0 Å². The first kappa shape index (κ1) is 37.8. The standard InChI is InChI=1S/C43H39BrN4O3S2/c1-43(2,3)30-20-21-34-35(26-45)42(53-37(34)24-30)48-41(51)38(28-13-6-4-7-14-28)52-33-19-11-18-32(25-33)46-40(50)36(23-27-12-10-17-31(44)22-27)47-39(49)29-15-8-5-9-16-29/h4-19,22-23,25,30,38H,20-21,24H2,1-3H3,(H,46,50)(H,47,49)(H,48,51)/b36-23+. The summed E-state index contributed by atoms with van der Waals surface area (Å²) < 4.78 is 0.832. The van der Waals surface area contributed by atoms with Crippen molar-refractivity contribution in [1.82, 2.24) is 5.32 Å². The van der Waals surface area contributed by atoms with E-state index in [4.69, 9.17) is 0 Å². The second kappa shape index (κ2) is 16.8. The van der Waals surface area contributed by atoms with Crippen molar-refractivity contribution in [3.8, 4) is 6.07 Å². The highest BCUT2D eigenvalue weighted by Gasteiger charge is 2.33. The monoisotopic (exact) mass is 802 g/mol. The summed E-state index contributed by atoms with van der Waals surface area (Å²) in [5, 5.41) is 19.0. The number of hydrogen-bond acceptors (Lipinski definition) is 6. The Morgan fingerprint density at radius 2 is 1.64 bits per heavy atom. The number of thioether (sulfide) groups is 1. The van der Waals surface area contributed by atoms with Crippen LogP contribution in [0.5, 0.6) is 0 Å². The summed E-state index contributed by atoms with van der Waals surface area (Å²) in [4.78, 5) is 42.9. The van der Waals surface area contributed by atoms with E-state index < -0.39 is 17.1 Å². The molecule has 1 aliphatic carbocycles. The second-order valence-electron chi connectivity index (χ2n) is 13.9. The third-order valence-electron chi connectivity index (χ3n) is 9.21. The number of carbonyl (C=O) groups excluding carboxylic acids is 3. The lowest BCUT2D eigenvalue weighted by Gasteiger charge is -2.33. The highest BCUT2D eigenvalue weighted by Crippen LogP contribution is 2.45. The smallest absolute Gasteiger partial charge is 0.272 e. The fraction of sp³-hybridized carbons (Fsp3) is 0.209. The lowest BCUT2D eigenvalue weighted by molar-refractivity contribution is -0.116. The van der Waals surface area contributed by atoms with E-state index in [-0.39, 0.29) is 17.0 Å². The molecule has 6 rings (SSSR count). The van der Waals surface area contributed by atoms with Gasteiger partial charge < -0.3 is 16.0 Å². The van der Waals surface area contributed by atoms with Crippen LogP contribution < -0.4 is 16.0 Å². The number of nitrogens with one attached hydrogen (secondary N) is 3. The zero-order valence-electron chi connectivity index (χ0n) is 29.6. The van der Waals surface area contributed by atoms with Crippen molar-refractivity contribution < 1.29 is 14.4 Å². The van der Waals surface area contributed by atoms with Crippen LogP contribution in [0.3, 0.4) is 0 Å². The molecule has 0 bridgehead atoms. The van der Waals surface area contributed by atoms with Gasteiger partial charge in [0.1, 0.15) is 22.0 Å². The molecule has 268 valence electrons. The first-order chi connectivity index (χ1) is 25.5. The maximum atomic E-state index is 14.1. The number of fused-ring (bicyclic) bond motifs is 1. The van der Waals surface area contributed by atoms with Crippen LogP contribution in [0.15, 0.2) is 124 Å². The van der Waals surface area contributed by atoms with Gasteiger partial charge in [-0.25, -0.2) is 0 Å². The van der Waals surface area contributed by atoms with E-state index in [2.05, 4.69) is 58.7 Å². The van der Waals surface area contributed by atoms with Crippen LogP contribution in [0.25, 0.3) is 6.08 Å². The molecule has 0 spiro atoms. The molecule has 0 saturated carbocycles. The topological polar surface area (TPSA) is 111 Å². The van der Waals surface area contributed by atoms with Crippen molar-refractivity contribution in [2.75, 3.05) is 10.6 Å². The van der Waals surface area contributed by atoms with Crippen LogP contribution >= 0.6 is 39.0 Å². The molecular formula is C43H39BrN4O3S2. The number of hydrogen-bond donors (Lipinski definition) is 3. The summed E-state index contributed by atoms with van der Waals surface area (Å²) in [6.07, 6.45) is 4.37. The molecular weight excluding hydrogens is 765 g/mol. The van der Waals surface area contributed by atoms with Gasteiger partial charge in [0.15, 0.2) is 0 Å². The predicted molar refractivity (Wildman–Crippen MR) is 219 cm³/mol. The Labute approximate surface area is 327 Å². The summed E-state index contributed by atoms with van der Waals surface area (Å²) in [6.45, 7) is 6.78. The van der Waals surface area contributed by atoms with E-state index in [1.807, 2.05) is 72.8 Å². The minimum atomic E-state index is -0.646. The van der Waals surface area contributed by atoms with Gasteiger partial charge in [-0.15, -0.1) is 23.1 Å². The zero-order valence-corrected chi connectivity index (χ0v) is 32.8. The first-order valence-electron chi connectivity index (χ1n) is 17.3. The Morgan fingerprint density at radius 1 is 0.925 bits per heavy atom.